The third-order valence-electron chi connectivity index (χ3n) is 3.97. The SMILES string of the molecule is CC(C)N1C(=O)CC(Nc2cccc3cccc(N)c23)C1=O. The molecule has 1 unspecified atom stereocenters. The third-order valence-corrected chi connectivity index (χ3v) is 3.97. The first-order chi connectivity index (χ1) is 10.5. The van der Waals surface area contributed by atoms with Gasteiger partial charge in [-0.25, -0.2) is 0 Å². The largest absolute Gasteiger partial charge is 0.398 e. The lowest BCUT2D eigenvalue weighted by molar-refractivity contribution is -0.140. The minimum absolute atomic E-state index is 0.121. The maximum atomic E-state index is 12.4. The Morgan fingerprint density at radius 1 is 1.18 bits per heavy atom. The second-order valence-electron chi connectivity index (χ2n) is 5.85. The smallest absolute Gasteiger partial charge is 0.252 e. The van der Waals surface area contributed by atoms with Crippen LogP contribution in [0.1, 0.15) is 20.3 Å². The summed E-state index contributed by atoms with van der Waals surface area (Å²) in [7, 11) is 0. The number of amides is 2. The monoisotopic (exact) mass is 297 g/mol. The van der Waals surface area contributed by atoms with Crippen molar-refractivity contribution in [2.75, 3.05) is 11.1 Å². The normalized spacial score (nSPS) is 18.5. The van der Waals surface area contributed by atoms with E-state index in [4.69, 9.17) is 5.73 Å². The van der Waals surface area contributed by atoms with Crippen LogP contribution >= 0.6 is 0 Å². The highest BCUT2D eigenvalue weighted by atomic mass is 16.2. The number of anilines is 2. The zero-order valence-electron chi connectivity index (χ0n) is 12.7. The van der Waals surface area contributed by atoms with Gasteiger partial charge in [-0.3, -0.25) is 14.5 Å². The van der Waals surface area contributed by atoms with Crippen LogP contribution in [0, 0.1) is 0 Å². The van der Waals surface area contributed by atoms with Crippen LogP contribution in [0.25, 0.3) is 10.8 Å². The Hall–Kier alpha value is -2.56. The average molecular weight is 297 g/mol. The molecule has 2 amide bonds. The molecule has 0 saturated carbocycles. The Bertz CT molecular complexity index is 749. The van der Waals surface area contributed by atoms with Crippen molar-refractivity contribution in [2.45, 2.75) is 32.4 Å². The van der Waals surface area contributed by atoms with Gasteiger partial charge in [0.05, 0.1) is 6.42 Å². The maximum absolute atomic E-state index is 12.4. The molecule has 1 saturated heterocycles. The third kappa shape index (κ3) is 2.28. The van der Waals surface area contributed by atoms with E-state index in [1.165, 1.54) is 4.90 Å². The number of nitrogen functional groups attached to an aromatic ring is 1. The van der Waals surface area contributed by atoms with E-state index in [1.807, 2.05) is 50.2 Å². The Morgan fingerprint density at radius 2 is 1.86 bits per heavy atom. The summed E-state index contributed by atoms with van der Waals surface area (Å²) in [5.41, 5.74) is 7.50. The van der Waals surface area contributed by atoms with Gasteiger partial charge in [-0.05, 0) is 31.4 Å². The molecule has 5 nitrogen and oxygen atoms in total. The van der Waals surface area contributed by atoms with Gasteiger partial charge in [0.1, 0.15) is 6.04 Å². The highest BCUT2D eigenvalue weighted by Gasteiger charge is 2.40. The topological polar surface area (TPSA) is 75.4 Å². The lowest BCUT2D eigenvalue weighted by Crippen LogP contribution is -2.39. The Balaban J connectivity index is 1.95. The number of rotatable bonds is 3. The summed E-state index contributed by atoms with van der Waals surface area (Å²) >= 11 is 0. The number of carbonyl (C=O) groups excluding carboxylic acids is 2. The molecule has 1 fully saturated rings. The molecule has 2 aromatic rings. The van der Waals surface area contributed by atoms with E-state index in [2.05, 4.69) is 5.32 Å². The fourth-order valence-electron chi connectivity index (χ4n) is 2.98. The summed E-state index contributed by atoms with van der Waals surface area (Å²) in [6.07, 6.45) is 0.181. The number of imide groups is 1. The van der Waals surface area contributed by atoms with Crippen molar-refractivity contribution in [1.82, 2.24) is 4.90 Å². The second kappa shape index (κ2) is 5.33. The van der Waals surface area contributed by atoms with Gasteiger partial charge in [0.15, 0.2) is 0 Å². The number of nitrogens with one attached hydrogen (secondary N) is 1. The highest BCUT2D eigenvalue weighted by molar-refractivity contribution is 6.09. The molecule has 1 atom stereocenters. The summed E-state index contributed by atoms with van der Waals surface area (Å²) in [5, 5.41) is 5.08. The zero-order chi connectivity index (χ0) is 15.9. The molecule has 1 aliphatic heterocycles. The van der Waals surface area contributed by atoms with Crippen molar-refractivity contribution in [3.8, 4) is 0 Å². The molecule has 0 spiro atoms. The van der Waals surface area contributed by atoms with Gasteiger partial charge in [-0.1, -0.05) is 24.3 Å². The van der Waals surface area contributed by atoms with Gasteiger partial charge < -0.3 is 11.1 Å². The molecule has 1 aliphatic rings. The van der Waals surface area contributed by atoms with E-state index in [-0.39, 0.29) is 24.3 Å². The zero-order valence-corrected chi connectivity index (χ0v) is 12.7. The highest BCUT2D eigenvalue weighted by Crippen LogP contribution is 2.30. The minimum Gasteiger partial charge on any atom is -0.398 e. The first-order valence-corrected chi connectivity index (χ1v) is 7.38. The van der Waals surface area contributed by atoms with E-state index >= 15 is 0 Å². The van der Waals surface area contributed by atoms with Crippen LogP contribution in [0.5, 0.6) is 0 Å². The molecule has 0 bridgehead atoms. The summed E-state index contributed by atoms with van der Waals surface area (Å²) in [6, 6.07) is 10.8. The fraction of sp³-hybridized carbons (Fsp3) is 0.294. The molecule has 22 heavy (non-hydrogen) atoms. The number of nitrogens with two attached hydrogens (primary N) is 1. The van der Waals surface area contributed by atoms with Crippen molar-refractivity contribution < 1.29 is 9.59 Å². The first kappa shape index (κ1) is 14.4. The number of likely N-dealkylation sites (tertiary alicyclic amines) is 1. The standard InChI is InChI=1S/C17H19N3O2/c1-10(2)20-15(21)9-14(17(20)22)19-13-8-4-6-11-5-3-7-12(18)16(11)13/h3-8,10,14,19H,9,18H2,1-2H3. The predicted octanol–water partition coefficient (Wildman–Crippen LogP) is 2.37. The predicted molar refractivity (Wildman–Crippen MR) is 87.4 cm³/mol. The molecule has 0 aromatic heterocycles. The van der Waals surface area contributed by atoms with E-state index in [0.717, 1.165) is 16.5 Å². The van der Waals surface area contributed by atoms with E-state index in [9.17, 15) is 9.59 Å². The number of benzene rings is 2. The summed E-state index contributed by atoms with van der Waals surface area (Å²) in [5.74, 6) is -0.308. The van der Waals surface area contributed by atoms with Gasteiger partial charge in [-0.2, -0.15) is 0 Å². The van der Waals surface area contributed by atoms with Crippen LogP contribution < -0.4 is 11.1 Å². The molecular weight excluding hydrogens is 278 g/mol. The lowest BCUT2D eigenvalue weighted by Gasteiger charge is -2.20. The first-order valence-electron chi connectivity index (χ1n) is 7.38. The fourth-order valence-corrected chi connectivity index (χ4v) is 2.98. The van der Waals surface area contributed by atoms with Crippen LogP contribution in [-0.2, 0) is 9.59 Å². The van der Waals surface area contributed by atoms with Crippen molar-refractivity contribution >= 4 is 34.0 Å². The van der Waals surface area contributed by atoms with Crippen LogP contribution in [-0.4, -0.2) is 28.8 Å². The van der Waals surface area contributed by atoms with Crippen LogP contribution in [0.4, 0.5) is 11.4 Å². The van der Waals surface area contributed by atoms with Crippen LogP contribution in [0.2, 0.25) is 0 Å². The average Bonchev–Trinajstić information content (AvgIpc) is 2.73. The molecule has 114 valence electrons. The number of hydrogen-bond acceptors (Lipinski definition) is 4. The van der Waals surface area contributed by atoms with Crippen molar-refractivity contribution in [3.63, 3.8) is 0 Å². The van der Waals surface area contributed by atoms with Gasteiger partial charge in [-0.15, -0.1) is 0 Å². The molecule has 1 heterocycles. The summed E-state index contributed by atoms with van der Waals surface area (Å²) in [4.78, 5) is 25.7. The maximum Gasteiger partial charge on any atom is 0.252 e. The molecule has 3 N–H and O–H groups in total. The molecule has 2 aromatic carbocycles. The molecular formula is C17H19N3O2. The number of hydrogen-bond donors (Lipinski definition) is 2. The second-order valence-corrected chi connectivity index (χ2v) is 5.85. The molecule has 0 radical (unpaired) electrons. The molecule has 3 rings (SSSR count). The van der Waals surface area contributed by atoms with Gasteiger partial charge >= 0.3 is 0 Å². The quantitative estimate of drug-likeness (QED) is 0.673. The number of carbonyl (C=O) groups is 2. The van der Waals surface area contributed by atoms with Crippen molar-refractivity contribution in [1.29, 1.82) is 0 Å². The van der Waals surface area contributed by atoms with E-state index < -0.39 is 6.04 Å². The summed E-state index contributed by atoms with van der Waals surface area (Å²) in [6.45, 7) is 3.68. The van der Waals surface area contributed by atoms with Gasteiger partial charge in [0, 0.05) is 22.8 Å². The molecule has 5 heteroatoms. The lowest BCUT2D eigenvalue weighted by atomic mass is 10.1. The Labute approximate surface area is 129 Å². The van der Waals surface area contributed by atoms with Crippen LogP contribution in [0.15, 0.2) is 36.4 Å². The number of fused-ring (bicyclic) bond motifs is 1. The Kier molecular flexibility index (Phi) is 3.48. The molecule has 0 aliphatic carbocycles. The van der Waals surface area contributed by atoms with Crippen LogP contribution in [0.3, 0.4) is 0 Å². The van der Waals surface area contributed by atoms with E-state index in [0.29, 0.717) is 5.69 Å². The van der Waals surface area contributed by atoms with Gasteiger partial charge in [0.25, 0.3) is 5.91 Å². The van der Waals surface area contributed by atoms with Crippen molar-refractivity contribution in [3.05, 3.63) is 36.4 Å². The van der Waals surface area contributed by atoms with Crippen molar-refractivity contribution in [2.24, 2.45) is 0 Å². The minimum atomic E-state index is -0.528. The number of nitrogens with zero attached hydrogens (tertiary/aromatic N) is 1. The Morgan fingerprint density at radius 3 is 2.50 bits per heavy atom. The van der Waals surface area contributed by atoms with Gasteiger partial charge in [0.2, 0.25) is 5.91 Å². The van der Waals surface area contributed by atoms with E-state index in [1.54, 1.807) is 0 Å². The summed E-state index contributed by atoms with van der Waals surface area (Å²) < 4.78 is 0.